The molecular formula is C12H17N3O2. The molecular weight excluding hydrogens is 218 g/mol. The van der Waals surface area contributed by atoms with E-state index in [4.69, 9.17) is 5.11 Å². The van der Waals surface area contributed by atoms with E-state index in [1.807, 2.05) is 6.20 Å². The van der Waals surface area contributed by atoms with E-state index in [2.05, 4.69) is 21.9 Å². The van der Waals surface area contributed by atoms with Gasteiger partial charge in [0, 0.05) is 12.8 Å². The zero-order valence-electron chi connectivity index (χ0n) is 9.86. The molecule has 0 fully saturated rings. The van der Waals surface area contributed by atoms with E-state index < -0.39 is 0 Å². The highest BCUT2D eigenvalue weighted by molar-refractivity contribution is 5.77. The normalized spacial score (nSPS) is 13.1. The fourth-order valence-electron chi connectivity index (χ4n) is 1.98. The van der Waals surface area contributed by atoms with Crippen molar-refractivity contribution in [3.05, 3.63) is 28.4 Å². The van der Waals surface area contributed by atoms with Gasteiger partial charge in [-0.15, -0.1) is 0 Å². The summed E-state index contributed by atoms with van der Waals surface area (Å²) in [7, 11) is 0. The summed E-state index contributed by atoms with van der Waals surface area (Å²) in [6.45, 7) is 2.28. The van der Waals surface area contributed by atoms with Crippen LogP contribution in [0.3, 0.4) is 0 Å². The van der Waals surface area contributed by atoms with Gasteiger partial charge in [0.15, 0.2) is 0 Å². The van der Waals surface area contributed by atoms with E-state index in [0.29, 0.717) is 11.4 Å². The van der Waals surface area contributed by atoms with Crippen molar-refractivity contribution in [2.24, 2.45) is 5.92 Å². The summed E-state index contributed by atoms with van der Waals surface area (Å²) in [6, 6.07) is 0. The number of nitrogens with one attached hydrogen (secondary N) is 2. The van der Waals surface area contributed by atoms with Crippen LogP contribution < -0.4 is 5.56 Å². The Balaban J connectivity index is 2.20. The number of aromatic nitrogens is 3. The third-order valence-corrected chi connectivity index (χ3v) is 3.21. The zero-order valence-corrected chi connectivity index (χ0v) is 9.86. The van der Waals surface area contributed by atoms with Crippen molar-refractivity contribution in [1.29, 1.82) is 0 Å². The maximum atomic E-state index is 11.5. The molecule has 0 aliphatic rings. The lowest BCUT2D eigenvalue weighted by Crippen LogP contribution is -2.07. The molecule has 92 valence electrons. The van der Waals surface area contributed by atoms with Crippen molar-refractivity contribution in [1.82, 2.24) is 15.0 Å². The minimum Gasteiger partial charge on any atom is -0.396 e. The number of hydrogen-bond donors (Lipinski definition) is 3. The molecule has 0 radical (unpaired) electrons. The van der Waals surface area contributed by atoms with E-state index in [-0.39, 0.29) is 12.2 Å². The second-order valence-electron chi connectivity index (χ2n) is 4.26. The Kier molecular flexibility index (Phi) is 3.58. The summed E-state index contributed by atoms with van der Waals surface area (Å²) in [5.41, 5.74) is 2.16. The average Bonchev–Trinajstić information content (AvgIpc) is 2.75. The molecule has 0 aliphatic carbocycles. The molecule has 17 heavy (non-hydrogen) atoms. The third kappa shape index (κ3) is 2.39. The first-order valence-corrected chi connectivity index (χ1v) is 5.90. The van der Waals surface area contributed by atoms with Crippen LogP contribution in [-0.4, -0.2) is 26.7 Å². The van der Waals surface area contributed by atoms with Crippen LogP contribution in [0, 0.1) is 5.92 Å². The molecule has 0 unspecified atom stereocenters. The molecule has 0 saturated heterocycles. The van der Waals surface area contributed by atoms with Gasteiger partial charge in [-0.2, -0.15) is 0 Å². The standard InChI is InChI=1S/C12H17N3O2/c1-2-8(6-16)3-4-9-5-13-11-10(9)14-7-15-12(11)17/h5,7-8,13,16H,2-4,6H2,1H3,(H,14,15,17)/t8-/m0/s1. The minimum atomic E-state index is -0.143. The minimum absolute atomic E-state index is 0.143. The van der Waals surface area contributed by atoms with E-state index in [0.717, 1.165) is 30.3 Å². The number of aliphatic hydroxyl groups excluding tert-OH is 1. The number of nitrogens with zero attached hydrogens (tertiary/aromatic N) is 1. The Morgan fingerprint density at radius 3 is 3.00 bits per heavy atom. The van der Waals surface area contributed by atoms with Crippen molar-refractivity contribution in [3.63, 3.8) is 0 Å². The maximum absolute atomic E-state index is 11.5. The third-order valence-electron chi connectivity index (χ3n) is 3.21. The molecule has 2 rings (SSSR count). The Bertz CT molecular complexity index is 540. The Morgan fingerprint density at radius 2 is 2.29 bits per heavy atom. The molecule has 0 bridgehead atoms. The van der Waals surface area contributed by atoms with Crippen LogP contribution in [0.1, 0.15) is 25.3 Å². The fourth-order valence-corrected chi connectivity index (χ4v) is 1.98. The summed E-state index contributed by atoms with van der Waals surface area (Å²) in [4.78, 5) is 21.1. The van der Waals surface area contributed by atoms with Gasteiger partial charge >= 0.3 is 0 Å². The maximum Gasteiger partial charge on any atom is 0.275 e. The summed E-state index contributed by atoms with van der Waals surface area (Å²) in [5.74, 6) is 0.321. The SMILES string of the molecule is CC[C@H](CO)CCc1c[nH]c2c(=O)[nH]cnc12. The molecule has 3 N–H and O–H groups in total. The molecule has 2 aromatic heterocycles. The number of hydrogen-bond acceptors (Lipinski definition) is 3. The van der Waals surface area contributed by atoms with Gasteiger partial charge in [-0.25, -0.2) is 4.98 Å². The number of H-pyrrole nitrogens is 2. The lowest BCUT2D eigenvalue weighted by Gasteiger charge is -2.09. The molecule has 2 aromatic rings. The van der Waals surface area contributed by atoms with E-state index in [9.17, 15) is 4.79 Å². The van der Waals surface area contributed by atoms with E-state index >= 15 is 0 Å². The first-order valence-electron chi connectivity index (χ1n) is 5.90. The molecule has 0 aliphatic heterocycles. The van der Waals surface area contributed by atoms with Crippen LogP contribution >= 0.6 is 0 Å². The summed E-state index contributed by atoms with van der Waals surface area (Å²) in [6.07, 6.45) is 5.96. The molecule has 0 saturated carbocycles. The van der Waals surface area contributed by atoms with Crippen molar-refractivity contribution < 1.29 is 5.11 Å². The zero-order chi connectivity index (χ0) is 12.3. The average molecular weight is 235 g/mol. The molecule has 1 atom stereocenters. The lowest BCUT2D eigenvalue weighted by molar-refractivity contribution is 0.215. The van der Waals surface area contributed by atoms with Crippen LogP contribution in [0.25, 0.3) is 11.0 Å². The number of aryl methyl sites for hydroxylation is 1. The number of aliphatic hydroxyl groups is 1. The highest BCUT2D eigenvalue weighted by Gasteiger charge is 2.10. The van der Waals surface area contributed by atoms with E-state index in [1.165, 1.54) is 6.33 Å². The Morgan fingerprint density at radius 1 is 1.47 bits per heavy atom. The predicted octanol–water partition coefficient (Wildman–Crippen LogP) is 1.20. The fraction of sp³-hybridized carbons (Fsp3) is 0.500. The highest BCUT2D eigenvalue weighted by Crippen LogP contribution is 2.17. The topological polar surface area (TPSA) is 81.8 Å². The summed E-state index contributed by atoms with van der Waals surface area (Å²) >= 11 is 0. The summed E-state index contributed by atoms with van der Waals surface area (Å²) < 4.78 is 0. The highest BCUT2D eigenvalue weighted by atomic mass is 16.3. The number of fused-ring (bicyclic) bond motifs is 1. The molecule has 0 aromatic carbocycles. The van der Waals surface area contributed by atoms with Crippen LogP contribution in [0.15, 0.2) is 17.3 Å². The first-order chi connectivity index (χ1) is 8.26. The largest absolute Gasteiger partial charge is 0.396 e. The number of rotatable bonds is 5. The monoisotopic (exact) mass is 235 g/mol. The van der Waals surface area contributed by atoms with Gasteiger partial charge < -0.3 is 15.1 Å². The predicted molar refractivity (Wildman–Crippen MR) is 65.9 cm³/mol. The van der Waals surface area contributed by atoms with Crippen LogP contribution in [0.2, 0.25) is 0 Å². The summed E-state index contributed by atoms with van der Waals surface area (Å²) in [5, 5.41) is 9.13. The van der Waals surface area contributed by atoms with Gasteiger partial charge in [-0.1, -0.05) is 13.3 Å². The quantitative estimate of drug-likeness (QED) is 0.728. The van der Waals surface area contributed by atoms with Crippen LogP contribution in [-0.2, 0) is 6.42 Å². The Hall–Kier alpha value is -1.62. The molecule has 2 heterocycles. The number of aromatic amines is 2. The van der Waals surface area contributed by atoms with Gasteiger partial charge in [-0.05, 0) is 24.3 Å². The van der Waals surface area contributed by atoms with Crippen molar-refractivity contribution >= 4 is 11.0 Å². The van der Waals surface area contributed by atoms with Crippen LogP contribution in [0.4, 0.5) is 0 Å². The van der Waals surface area contributed by atoms with Gasteiger partial charge in [0.05, 0.1) is 11.8 Å². The van der Waals surface area contributed by atoms with Gasteiger partial charge in [0.25, 0.3) is 5.56 Å². The van der Waals surface area contributed by atoms with Gasteiger partial charge in [0.1, 0.15) is 5.52 Å². The lowest BCUT2D eigenvalue weighted by atomic mass is 9.99. The second kappa shape index (κ2) is 5.14. The van der Waals surface area contributed by atoms with Crippen LogP contribution in [0.5, 0.6) is 0 Å². The van der Waals surface area contributed by atoms with Gasteiger partial charge in [-0.3, -0.25) is 4.79 Å². The smallest absolute Gasteiger partial charge is 0.275 e. The Labute approximate surface area is 98.9 Å². The first kappa shape index (κ1) is 11.9. The van der Waals surface area contributed by atoms with Crippen molar-refractivity contribution in [3.8, 4) is 0 Å². The van der Waals surface area contributed by atoms with Crippen molar-refractivity contribution in [2.75, 3.05) is 6.61 Å². The van der Waals surface area contributed by atoms with Gasteiger partial charge in [0.2, 0.25) is 0 Å². The molecule has 0 spiro atoms. The van der Waals surface area contributed by atoms with E-state index in [1.54, 1.807) is 0 Å². The molecule has 5 heteroatoms. The molecule has 0 amide bonds. The molecule has 5 nitrogen and oxygen atoms in total. The second-order valence-corrected chi connectivity index (χ2v) is 4.26. The van der Waals surface area contributed by atoms with Crippen molar-refractivity contribution in [2.45, 2.75) is 26.2 Å².